The van der Waals surface area contributed by atoms with Crippen molar-refractivity contribution in [1.29, 1.82) is 0 Å². The number of ether oxygens (including phenoxy) is 1. The number of fused-ring (bicyclic) bond motifs is 1. The quantitative estimate of drug-likeness (QED) is 0.261. The lowest BCUT2D eigenvalue weighted by Gasteiger charge is -2.09. The summed E-state index contributed by atoms with van der Waals surface area (Å²) >= 11 is 1.62. The van der Waals surface area contributed by atoms with Crippen LogP contribution in [0.15, 0.2) is 121 Å². The second-order valence-electron chi connectivity index (χ2n) is 8.22. The summed E-state index contributed by atoms with van der Waals surface area (Å²) < 4.78 is 8.83. The van der Waals surface area contributed by atoms with Gasteiger partial charge in [-0.3, -0.25) is 4.79 Å². The van der Waals surface area contributed by atoms with E-state index in [1.54, 1.807) is 22.2 Å². The number of thiophene rings is 1. The first-order chi connectivity index (χ1) is 17.7. The molecule has 0 aliphatic carbocycles. The van der Waals surface area contributed by atoms with Crippen molar-refractivity contribution in [2.24, 2.45) is 0 Å². The molecule has 174 valence electrons. The number of hydrogen-bond acceptors (Lipinski definition) is 4. The molecular weight excluding hydrogens is 466 g/mol. The lowest BCUT2D eigenvalue weighted by atomic mass is 10.1. The topological polar surface area (TPSA) is 56.1 Å². The number of rotatable bonds is 6. The molecular formula is C30H21N3O2S. The maximum Gasteiger partial charge on any atom is 0.259 e. The van der Waals surface area contributed by atoms with E-state index in [1.807, 2.05) is 97.1 Å². The molecule has 0 aliphatic rings. The molecule has 1 N–H and O–H groups in total. The van der Waals surface area contributed by atoms with E-state index < -0.39 is 0 Å². The fourth-order valence-electron chi connectivity index (χ4n) is 3.99. The lowest BCUT2D eigenvalue weighted by Crippen LogP contribution is -2.12. The van der Waals surface area contributed by atoms with Gasteiger partial charge in [-0.25, -0.2) is 4.68 Å². The number of amides is 1. The van der Waals surface area contributed by atoms with Crippen molar-refractivity contribution in [3.63, 3.8) is 0 Å². The smallest absolute Gasteiger partial charge is 0.259 e. The number of hydrogen-bond donors (Lipinski definition) is 1. The van der Waals surface area contributed by atoms with Crippen molar-refractivity contribution in [2.45, 2.75) is 0 Å². The average molecular weight is 488 g/mol. The highest BCUT2D eigenvalue weighted by Gasteiger charge is 2.21. The number of nitrogens with one attached hydrogen (secondary N) is 1. The van der Waals surface area contributed by atoms with E-state index >= 15 is 0 Å². The van der Waals surface area contributed by atoms with Crippen molar-refractivity contribution in [1.82, 2.24) is 9.78 Å². The Morgan fingerprint density at radius 1 is 0.778 bits per heavy atom. The van der Waals surface area contributed by atoms with Crippen molar-refractivity contribution >= 4 is 33.0 Å². The number of carbonyl (C=O) groups is 1. The fraction of sp³-hybridized carbons (Fsp3) is 0. The molecule has 2 aromatic heterocycles. The first-order valence-electron chi connectivity index (χ1n) is 11.5. The van der Waals surface area contributed by atoms with Crippen molar-refractivity contribution < 1.29 is 9.53 Å². The fourth-order valence-corrected chi connectivity index (χ4v) is 5.06. The third kappa shape index (κ3) is 4.50. The van der Waals surface area contributed by atoms with Crippen LogP contribution in [0.5, 0.6) is 11.5 Å². The van der Waals surface area contributed by atoms with Gasteiger partial charge in [0.05, 0.1) is 16.1 Å². The number of carbonyl (C=O) groups excluding carboxylic acids is 1. The van der Waals surface area contributed by atoms with Gasteiger partial charge in [0.25, 0.3) is 5.91 Å². The van der Waals surface area contributed by atoms with E-state index in [9.17, 15) is 4.79 Å². The number of nitrogens with zero attached hydrogens (tertiary/aromatic N) is 2. The highest BCUT2D eigenvalue weighted by atomic mass is 32.1. The average Bonchev–Trinajstić information content (AvgIpc) is 3.55. The van der Waals surface area contributed by atoms with Gasteiger partial charge in [-0.15, -0.1) is 11.3 Å². The Bertz CT molecular complexity index is 1620. The van der Waals surface area contributed by atoms with E-state index in [0.717, 1.165) is 26.4 Å². The van der Waals surface area contributed by atoms with Crippen LogP contribution in [0.2, 0.25) is 0 Å². The second-order valence-corrected chi connectivity index (χ2v) is 9.30. The Kier molecular flexibility index (Phi) is 5.77. The van der Waals surface area contributed by atoms with Crippen LogP contribution in [0, 0.1) is 0 Å². The van der Waals surface area contributed by atoms with Gasteiger partial charge in [0, 0.05) is 22.7 Å². The Morgan fingerprint density at radius 2 is 1.50 bits per heavy atom. The summed E-state index contributed by atoms with van der Waals surface area (Å²) in [4.78, 5) is 14.5. The zero-order valence-electron chi connectivity index (χ0n) is 19.2. The third-order valence-electron chi connectivity index (χ3n) is 5.71. The predicted octanol–water partition coefficient (Wildman–Crippen LogP) is 7.80. The molecule has 6 heteroatoms. The first-order valence-corrected chi connectivity index (χ1v) is 12.3. The lowest BCUT2D eigenvalue weighted by molar-refractivity contribution is 0.102. The molecule has 0 radical (unpaired) electrons. The monoisotopic (exact) mass is 487 g/mol. The van der Waals surface area contributed by atoms with Crippen LogP contribution in [0.3, 0.4) is 0 Å². The molecule has 36 heavy (non-hydrogen) atoms. The molecule has 5 nitrogen and oxygen atoms in total. The van der Waals surface area contributed by atoms with E-state index in [4.69, 9.17) is 9.84 Å². The van der Waals surface area contributed by atoms with E-state index in [1.165, 1.54) is 0 Å². The molecule has 6 aromatic rings. The Balaban J connectivity index is 1.34. The highest BCUT2D eigenvalue weighted by molar-refractivity contribution is 7.22. The summed E-state index contributed by atoms with van der Waals surface area (Å²) in [6.45, 7) is 0. The molecule has 0 saturated carbocycles. The van der Waals surface area contributed by atoms with E-state index in [0.29, 0.717) is 22.7 Å². The van der Waals surface area contributed by atoms with Gasteiger partial charge in [0.2, 0.25) is 0 Å². The van der Waals surface area contributed by atoms with Gasteiger partial charge < -0.3 is 10.1 Å². The first kappa shape index (κ1) is 21.8. The molecule has 0 spiro atoms. The summed E-state index contributed by atoms with van der Waals surface area (Å²) in [5, 5.41) is 8.98. The van der Waals surface area contributed by atoms with Crippen LogP contribution in [-0.4, -0.2) is 15.7 Å². The molecule has 0 aliphatic heterocycles. The predicted molar refractivity (Wildman–Crippen MR) is 145 cm³/mol. The van der Waals surface area contributed by atoms with Crippen LogP contribution in [0.4, 0.5) is 5.69 Å². The van der Waals surface area contributed by atoms with Gasteiger partial charge in [0.1, 0.15) is 17.2 Å². The Labute approximate surface area is 212 Å². The zero-order chi connectivity index (χ0) is 24.3. The van der Waals surface area contributed by atoms with Gasteiger partial charge in [-0.05, 0) is 53.9 Å². The minimum Gasteiger partial charge on any atom is -0.457 e. The largest absolute Gasteiger partial charge is 0.457 e. The van der Waals surface area contributed by atoms with Gasteiger partial charge in [-0.2, -0.15) is 5.10 Å². The number of aromatic nitrogens is 2. The van der Waals surface area contributed by atoms with Crippen molar-refractivity contribution in [3.05, 3.63) is 127 Å². The summed E-state index contributed by atoms with van der Waals surface area (Å²) in [5.41, 5.74) is 2.68. The molecule has 1 amide bonds. The summed E-state index contributed by atoms with van der Waals surface area (Å²) in [7, 11) is 0. The molecule has 0 bridgehead atoms. The molecule has 0 saturated heterocycles. The van der Waals surface area contributed by atoms with Crippen molar-refractivity contribution in [3.8, 4) is 27.8 Å². The van der Waals surface area contributed by atoms with Crippen LogP contribution in [0.25, 0.3) is 26.3 Å². The number of anilines is 1. The van der Waals surface area contributed by atoms with Crippen LogP contribution in [-0.2, 0) is 0 Å². The Morgan fingerprint density at radius 3 is 2.31 bits per heavy atom. The van der Waals surface area contributed by atoms with Gasteiger partial charge >= 0.3 is 0 Å². The summed E-state index contributed by atoms with van der Waals surface area (Å²) in [6, 6.07) is 37.0. The van der Waals surface area contributed by atoms with Crippen molar-refractivity contribution in [2.75, 3.05) is 5.32 Å². The van der Waals surface area contributed by atoms with Crippen LogP contribution in [0.1, 0.15) is 10.4 Å². The molecule has 0 atom stereocenters. The van der Waals surface area contributed by atoms with E-state index in [-0.39, 0.29) is 5.91 Å². The normalized spacial score (nSPS) is 10.9. The maximum absolute atomic E-state index is 13.5. The standard InChI is InChI=1S/C30H21N3O2S/c34-30(31-22-11-9-16-25(19-22)35-24-14-5-2-6-15-24)26-20-33(23-12-3-1-4-13-23)32-29(26)28-18-21-10-7-8-17-27(21)36-28/h1-20H,(H,31,34). The molecule has 6 rings (SSSR count). The number of para-hydroxylation sites is 2. The summed E-state index contributed by atoms with van der Waals surface area (Å²) in [5.74, 6) is 1.14. The molecule has 2 heterocycles. The summed E-state index contributed by atoms with van der Waals surface area (Å²) in [6.07, 6.45) is 1.79. The van der Waals surface area contributed by atoms with Gasteiger partial charge in [0.15, 0.2) is 0 Å². The minimum atomic E-state index is -0.235. The molecule has 0 fully saturated rings. The SMILES string of the molecule is O=C(Nc1cccc(Oc2ccccc2)c1)c1cn(-c2ccccc2)nc1-c1cc2ccccc2s1. The highest BCUT2D eigenvalue weighted by Crippen LogP contribution is 2.35. The zero-order valence-corrected chi connectivity index (χ0v) is 20.0. The Hall–Kier alpha value is -4.68. The molecule has 4 aromatic carbocycles. The third-order valence-corrected chi connectivity index (χ3v) is 6.83. The van der Waals surface area contributed by atoms with E-state index in [2.05, 4.69) is 23.5 Å². The number of benzene rings is 4. The van der Waals surface area contributed by atoms with Crippen LogP contribution < -0.4 is 10.1 Å². The maximum atomic E-state index is 13.5. The molecule has 0 unspecified atom stereocenters. The van der Waals surface area contributed by atoms with Crippen LogP contribution >= 0.6 is 11.3 Å². The minimum absolute atomic E-state index is 0.235. The second kappa shape index (κ2) is 9.52. The van der Waals surface area contributed by atoms with Gasteiger partial charge in [-0.1, -0.05) is 60.7 Å².